The predicted molar refractivity (Wildman–Crippen MR) is 100 cm³/mol. The highest BCUT2D eigenvalue weighted by Gasteiger charge is 2.14. The van der Waals surface area contributed by atoms with Crippen molar-refractivity contribution in [2.45, 2.75) is 17.5 Å². The van der Waals surface area contributed by atoms with Crippen molar-refractivity contribution in [2.75, 3.05) is 0 Å². The molecular formula is C19H16FN5S. The normalized spacial score (nSPS) is 11.1. The van der Waals surface area contributed by atoms with Crippen molar-refractivity contribution in [1.29, 1.82) is 0 Å². The number of hydrogen-bond acceptors (Lipinski definition) is 4. The number of rotatable bonds is 6. The molecule has 0 saturated carbocycles. The summed E-state index contributed by atoms with van der Waals surface area (Å²) in [5, 5.41) is 9.37. The van der Waals surface area contributed by atoms with E-state index in [4.69, 9.17) is 0 Å². The molecule has 0 aliphatic heterocycles. The van der Waals surface area contributed by atoms with Crippen LogP contribution in [-0.4, -0.2) is 24.1 Å². The molecule has 0 unspecified atom stereocenters. The monoisotopic (exact) mass is 365 g/mol. The number of imidazole rings is 1. The maximum absolute atomic E-state index is 13.2. The van der Waals surface area contributed by atoms with Crippen LogP contribution in [0.2, 0.25) is 0 Å². The fourth-order valence-corrected chi connectivity index (χ4v) is 3.53. The second-order valence-corrected chi connectivity index (χ2v) is 6.64. The third-order valence-electron chi connectivity index (χ3n) is 3.89. The van der Waals surface area contributed by atoms with Crippen LogP contribution < -0.4 is 0 Å². The first-order chi connectivity index (χ1) is 12.7. The van der Waals surface area contributed by atoms with Gasteiger partial charge in [-0.2, -0.15) is 0 Å². The minimum absolute atomic E-state index is 0.273. The molecule has 130 valence electrons. The number of aromatic nitrogens is 5. The highest BCUT2D eigenvalue weighted by Crippen LogP contribution is 2.26. The van der Waals surface area contributed by atoms with Gasteiger partial charge in [-0.25, -0.2) is 9.37 Å². The molecule has 0 spiro atoms. The molecule has 0 aliphatic carbocycles. The number of nitrogens with zero attached hydrogens (tertiary/aromatic N) is 5. The molecule has 5 nitrogen and oxygen atoms in total. The summed E-state index contributed by atoms with van der Waals surface area (Å²) in [4.78, 5) is 4.60. The van der Waals surface area contributed by atoms with Gasteiger partial charge in [0.1, 0.15) is 11.5 Å². The van der Waals surface area contributed by atoms with E-state index >= 15 is 0 Å². The van der Waals surface area contributed by atoms with Gasteiger partial charge in [-0.1, -0.05) is 23.9 Å². The smallest absolute Gasteiger partial charge is 0.192 e. The van der Waals surface area contributed by atoms with Crippen LogP contribution in [-0.2, 0) is 12.3 Å². The van der Waals surface area contributed by atoms with Crippen LogP contribution in [0, 0.1) is 5.82 Å². The minimum atomic E-state index is -0.273. The Hall–Kier alpha value is -2.93. The Morgan fingerprint density at radius 3 is 2.73 bits per heavy atom. The highest BCUT2D eigenvalue weighted by molar-refractivity contribution is 7.98. The number of fused-ring (bicyclic) bond motifs is 1. The Balaban J connectivity index is 1.59. The highest BCUT2D eigenvalue weighted by atomic mass is 32.2. The fourth-order valence-electron chi connectivity index (χ4n) is 2.70. The third-order valence-corrected chi connectivity index (χ3v) is 4.89. The van der Waals surface area contributed by atoms with Gasteiger partial charge in [-0.05, 0) is 36.4 Å². The van der Waals surface area contributed by atoms with E-state index in [1.54, 1.807) is 30.0 Å². The van der Waals surface area contributed by atoms with Gasteiger partial charge in [-0.3, -0.25) is 4.57 Å². The Labute approximate surface area is 154 Å². The largest absolute Gasteiger partial charge is 0.307 e. The summed E-state index contributed by atoms with van der Waals surface area (Å²) >= 11 is 1.57. The molecule has 1 aromatic carbocycles. The first-order valence-electron chi connectivity index (χ1n) is 8.10. The molecule has 0 amide bonds. The Bertz CT molecular complexity index is 1020. The summed E-state index contributed by atoms with van der Waals surface area (Å²) in [5.41, 5.74) is 2.71. The Kier molecular flexibility index (Phi) is 4.53. The van der Waals surface area contributed by atoms with Crippen LogP contribution in [0.1, 0.15) is 5.69 Å². The molecule has 0 fully saturated rings. The van der Waals surface area contributed by atoms with E-state index in [1.165, 1.54) is 12.1 Å². The van der Waals surface area contributed by atoms with E-state index in [9.17, 15) is 4.39 Å². The lowest BCUT2D eigenvalue weighted by Gasteiger charge is -2.07. The number of thioether (sulfide) groups is 1. The number of pyridine rings is 1. The second kappa shape index (κ2) is 7.13. The molecule has 0 bridgehead atoms. The molecule has 0 aliphatic rings. The van der Waals surface area contributed by atoms with E-state index in [-0.39, 0.29) is 5.82 Å². The van der Waals surface area contributed by atoms with Crippen molar-refractivity contribution < 1.29 is 4.39 Å². The molecular weight excluding hydrogens is 349 g/mol. The van der Waals surface area contributed by atoms with Crippen LogP contribution in [0.15, 0.2) is 72.7 Å². The van der Waals surface area contributed by atoms with Crippen LogP contribution in [0.25, 0.3) is 17.0 Å². The molecule has 3 aromatic heterocycles. The molecule has 0 N–H and O–H groups in total. The molecule has 0 radical (unpaired) electrons. The molecule has 0 atom stereocenters. The average Bonchev–Trinajstić information content (AvgIpc) is 3.25. The van der Waals surface area contributed by atoms with Crippen molar-refractivity contribution in [3.05, 3.63) is 79.0 Å². The lowest BCUT2D eigenvalue weighted by molar-refractivity contribution is 0.628. The van der Waals surface area contributed by atoms with Crippen molar-refractivity contribution in [1.82, 2.24) is 24.1 Å². The van der Waals surface area contributed by atoms with Gasteiger partial charge in [0.2, 0.25) is 0 Å². The topological polar surface area (TPSA) is 48.0 Å². The third kappa shape index (κ3) is 3.25. The second-order valence-electron chi connectivity index (χ2n) is 5.70. The van der Waals surface area contributed by atoms with Crippen LogP contribution in [0.3, 0.4) is 0 Å². The van der Waals surface area contributed by atoms with Gasteiger partial charge < -0.3 is 4.40 Å². The molecule has 4 rings (SSSR count). The number of allylic oxidation sites excluding steroid dienone is 1. The van der Waals surface area contributed by atoms with Crippen molar-refractivity contribution in [2.24, 2.45) is 0 Å². The Morgan fingerprint density at radius 1 is 1.12 bits per heavy atom. The number of hydrogen-bond donors (Lipinski definition) is 0. The first kappa shape index (κ1) is 16.5. The lowest BCUT2D eigenvalue weighted by Crippen LogP contribution is -2.00. The molecule has 4 aromatic rings. The number of halogens is 1. The van der Waals surface area contributed by atoms with Crippen molar-refractivity contribution >= 4 is 17.4 Å². The van der Waals surface area contributed by atoms with Gasteiger partial charge in [0.05, 0.1) is 5.69 Å². The first-order valence-corrected chi connectivity index (χ1v) is 9.08. The zero-order valence-electron chi connectivity index (χ0n) is 13.9. The van der Waals surface area contributed by atoms with Crippen molar-refractivity contribution in [3.63, 3.8) is 0 Å². The van der Waals surface area contributed by atoms with E-state index < -0.39 is 0 Å². The molecule has 0 saturated heterocycles. The van der Waals surface area contributed by atoms with Crippen LogP contribution in [0.5, 0.6) is 0 Å². The van der Waals surface area contributed by atoms with Crippen LogP contribution >= 0.6 is 11.8 Å². The van der Waals surface area contributed by atoms with Gasteiger partial charge in [-0.15, -0.1) is 16.8 Å². The fraction of sp³-hybridized carbons (Fsp3) is 0.105. The maximum Gasteiger partial charge on any atom is 0.192 e. The van der Waals surface area contributed by atoms with Gasteiger partial charge in [0.15, 0.2) is 11.0 Å². The summed E-state index contributed by atoms with van der Waals surface area (Å²) < 4.78 is 17.1. The standard InChI is InChI=1S/C19H16FN5S/c1-2-10-25-18(14-6-8-15(20)9-7-14)22-23-19(25)26-13-16-12-24-11-4-3-5-17(24)21-16/h2-9,11-12H,1,10,13H2. The summed E-state index contributed by atoms with van der Waals surface area (Å²) in [6, 6.07) is 12.2. The zero-order chi connectivity index (χ0) is 17.9. The van der Waals surface area contributed by atoms with Gasteiger partial charge >= 0.3 is 0 Å². The summed E-state index contributed by atoms with van der Waals surface area (Å²) in [6.07, 6.45) is 5.78. The van der Waals surface area contributed by atoms with Gasteiger partial charge in [0.25, 0.3) is 0 Å². The molecule has 26 heavy (non-hydrogen) atoms. The SMILES string of the molecule is C=CCn1c(SCc2cn3ccccc3n2)nnc1-c1ccc(F)cc1. The summed E-state index contributed by atoms with van der Waals surface area (Å²) in [5.74, 6) is 1.10. The molecule has 7 heteroatoms. The quantitative estimate of drug-likeness (QED) is 0.379. The Morgan fingerprint density at radius 2 is 1.96 bits per heavy atom. The summed E-state index contributed by atoms with van der Waals surface area (Å²) in [6.45, 7) is 4.39. The van der Waals surface area contributed by atoms with Crippen molar-refractivity contribution in [3.8, 4) is 11.4 Å². The lowest BCUT2D eigenvalue weighted by atomic mass is 10.2. The van der Waals surface area contributed by atoms with E-state index in [0.29, 0.717) is 18.1 Å². The van der Waals surface area contributed by atoms with Crippen LogP contribution in [0.4, 0.5) is 4.39 Å². The van der Waals surface area contributed by atoms with E-state index in [0.717, 1.165) is 22.1 Å². The minimum Gasteiger partial charge on any atom is -0.307 e. The maximum atomic E-state index is 13.2. The van der Waals surface area contributed by atoms with E-state index in [2.05, 4.69) is 21.8 Å². The predicted octanol–water partition coefficient (Wildman–Crippen LogP) is 4.21. The van der Waals surface area contributed by atoms with E-state index in [1.807, 2.05) is 39.6 Å². The zero-order valence-corrected chi connectivity index (χ0v) is 14.7. The summed E-state index contributed by atoms with van der Waals surface area (Å²) in [7, 11) is 0. The molecule has 3 heterocycles. The van der Waals surface area contributed by atoms with Gasteiger partial charge in [0, 0.05) is 30.3 Å². The average molecular weight is 365 g/mol. The number of benzene rings is 1.